The predicted octanol–water partition coefficient (Wildman–Crippen LogP) is 2.56. The van der Waals surface area contributed by atoms with Crippen molar-refractivity contribution in [3.8, 4) is 5.82 Å². The number of likely N-dealkylation sites (tertiary alicyclic amines) is 1. The molecule has 1 saturated heterocycles. The topological polar surface area (TPSA) is 71.2 Å². The monoisotopic (exact) mass is 404 g/mol. The lowest BCUT2D eigenvalue weighted by Gasteiger charge is -2.36. The Balaban J connectivity index is 1.68. The molecular formula is C17H17F5N4O2. The molecular weight excluding hydrogens is 387 g/mol. The van der Waals surface area contributed by atoms with E-state index in [1.165, 1.54) is 6.20 Å². The molecule has 2 aromatic rings. The van der Waals surface area contributed by atoms with E-state index < -0.39 is 29.3 Å². The number of hydrogen-bond donors (Lipinski definition) is 1. The minimum absolute atomic E-state index is 0.0196. The molecule has 2 aromatic heterocycles. The molecule has 0 radical (unpaired) electrons. The van der Waals surface area contributed by atoms with Crippen molar-refractivity contribution < 1.29 is 31.9 Å². The molecule has 6 nitrogen and oxygen atoms in total. The van der Waals surface area contributed by atoms with Crippen molar-refractivity contribution in [2.24, 2.45) is 0 Å². The average Bonchev–Trinajstić information content (AvgIpc) is 3.10. The number of aromatic nitrogens is 3. The van der Waals surface area contributed by atoms with Crippen molar-refractivity contribution in [2.45, 2.75) is 37.5 Å². The first kappa shape index (κ1) is 20.2. The van der Waals surface area contributed by atoms with Gasteiger partial charge in [0.25, 0.3) is 5.91 Å². The van der Waals surface area contributed by atoms with E-state index in [9.17, 15) is 31.9 Å². The summed E-state index contributed by atoms with van der Waals surface area (Å²) in [5, 5.41) is 13.7. The second-order valence-corrected chi connectivity index (χ2v) is 6.78. The molecule has 3 rings (SSSR count). The number of hydrogen-bond acceptors (Lipinski definition) is 4. The second kappa shape index (κ2) is 7.12. The predicted molar refractivity (Wildman–Crippen MR) is 86.5 cm³/mol. The Morgan fingerprint density at radius 3 is 2.46 bits per heavy atom. The van der Waals surface area contributed by atoms with Gasteiger partial charge in [0.2, 0.25) is 5.60 Å². The largest absolute Gasteiger partial charge is 0.426 e. The summed E-state index contributed by atoms with van der Waals surface area (Å²) in [4.78, 5) is 16.6. The molecule has 11 heteroatoms. The summed E-state index contributed by atoms with van der Waals surface area (Å²) in [5.74, 6) is -3.43. The van der Waals surface area contributed by atoms with Crippen molar-refractivity contribution in [2.75, 3.05) is 13.1 Å². The van der Waals surface area contributed by atoms with E-state index in [0.29, 0.717) is 31.5 Å². The molecule has 1 unspecified atom stereocenters. The summed E-state index contributed by atoms with van der Waals surface area (Å²) in [5.41, 5.74) is -2.88. The lowest BCUT2D eigenvalue weighted by Crippen LogP contribution is -2.57. The minimum atomic E-state index is -5.06. The smallest absolute Gasteiger partial charge is 0.373 e. The van der Waals surface area contributed by atoms with E-state index in [2.05, 4.69) is 10.1 Å². The normalized spacial score (nSPS) is 18.2. The van der Waals surface area contributed by atoms with Crippen molar-refractivity contribution in [1.29, 1.82) is 0 Å². The third kappa shape index (κ3) is 3.71. The summed E-state index contributed by atoms with van der Waals surface area (Å²) < 4.78 is 66.4. The Morgan fingerprint density at radius 2 is 1.89 bits per heavy atom. The molecule has 1 aliphatic rings. The van der Waals surface area contributed by atoms with Gasteiger partial charge in [0.15, 0.2) is 11.6 Å². The van der Waals surface area contributed by atoms with Crippen LogP contribution in [0.5, 0.6) is 0 Å². The second-order valence-electron chi connectivity index (χ2n) is 6.78. The molecule has 1 fully saturated rings. The van der Waals surface area contributed by atoms with E-state index in [1.54, 1.807) is 6.07 Å². The first-order valence-corrected chi connectivity index (χ1v) is 8.46. The zero-order valence-corrected chi connectivity index (χ0v) is 14.7. The highest BCUT2D eigenvalue weighted by molar-refractivity contribution is 5.85. The maximum absolute atomic E-state index is 13.8. The van der Waals surface area contributed by atoms with Crippen LogP contribution in [-0.4, -0.2) is 55.5 Å². The fourth-order valence-corrected chi connectivity index (χ4v) is 3.06. The van der Waals surface area contributed by atoms with Crippen molar-refractivity contribution in [3.63, 3.8) is 0 Å². The number of pyridine rings is 1. The van der Waals surface area contributed by atoms with Crippen LogP contribution in [0.15, 0.2) is 24.5 Å². The number of halogens is 5. The lowest BCUT2D eigenvalue weighted by atomic mass is 9.92. The van der Waals surface area contributed by atoms with Gasteiger partial charge >= 0.3 is 6.18 Å². The molecule has 0 aliphatic carbocycles. The molecule has 0 bridgehead atoms. The number of amides is 1. The molecule has 1 aliphatic heterocycles. The van der Waals surface area contributed by atoms with Gasteiger partial charge in [-0.15, -0.1) is 0 Å². The van der Waals surface area contributed by atoms with Gasteiger partial charge in [0, 0.05) is 31.3 Å². The Morgan fingerprint density at radius 1 is 1.25 bits per heavy atom. The van der Waals surface area contributed by atoms with Gasteiger partial charge in [0.05, 0.1) is 11.9 Å². The molecule has 0 spiro atoms. The third-order valence-corrected chi connectivity index (χ3v) is 4.78. The highest BCUT2D eigenvalue weighted by Gasteiger charge is 2.57. The van der Waals surface area contributed by atoms with Crippen LogP contribution in [0.2, 0.25) is 0 Å². The van der Waals surface area contributed by atoms with Crippen LogP contribution in [0, 0.1) is 11.6 Å². The fraction of sp³-hybridized carbons (Fsp3) is 0.471. The first-order chi connectivity index (χ1) is 13.0. The summed E-state index contributed by atoms with van der Waals surface area (Å²) in [6.07, 6.45) is -2.10. The van der Waals surface area contributed by atoms with Crippen LogP contribution in [0.25, 0.3) is 5.82 Å². The fourth-order valence-electron chi connectivity index (χ4n) is 3.06. The molecule has 1 amide bonds. The van der Waals surface area contributed by atoms with Gasteiger partial charge in [0.1, 0.15) is 5.82 Å². The standard InChI is InChI=1S/C17H17F5N4O2/c1-16(28,17(20,21)22)15(27)25-5-2-10(3-6-25)13-4-7-26(24-13)14-12(19)8-11(18)9-23-14/h4,7-10,28H,2-3,5-6H2,1H3. The summed E-state index contributed by atoms with van der Waals surface area (Å²) >= 11 is 0. The van der Waals surface area contributed by atoms with Crippen LogP contribution in [0.4, 0.5) is 22.0 Å². The summed E-state index contributed by atoms with van der Waals surface area (Å²) in [6.45, 7) is 0.477. The quantitative estimate of drug-likeness (QED) is 0.799. The molecule has 1 atom stereocenters. The highest BCUT2D eigenvalue weighted by atomic mass is 19.4. The number of piperidine rings is 1. The zero-order valence-electron chi connectivity index (χ0n) is 14.7. The van der Waals surface area contributed by atoms with E-state index in [1.807, 2.05) is 0 Å². The van der Waals surface area contributed by atoms with E-state index in [0.717, 1.165) is 15.8 Å². The number of carbonyl (C=O) groups is 1. The maximum Gasteiger partial charge on any atom is 0.426 e. The SMILES string of the molecule is CC(O)(C(=O)N1CCC(c2ccn(-c3ncc(F)cc3F)n2)CC1)C(F)(F)F. The van der Waals surface area contributed by atoms with Crippen LogP contribution in [0.1, 0.15) is 31.4 Å². The Kier molecular flexibility index (Phi) is 5.13. The van der Waals surface area contributed by atoms with Gasteiger partial charge in [-0.25, -0.2) is 18.4 Å². The van der Waals surface area contributed by atoms with Gasteiger partial charge in [-0.05, 0) is 25.8 Å². The molecule has 3 heterocycles. The van der Waals surface area contributed by atoms with E-state index in [-0.39, 0.29) is 24.8 Å². The molecule has 0 aromatic carbocycles. The van der Waals surface area contributed by atoms with Crippen molar-refractivity contribution in [1.82, 2.24) is 19.7 Å². The summed E-state index contributed by atoms with van der Waals surface area (Å²) in [6, 6.07) is 2.29. The molecule has 28 heavy (non-hydrogen) atoms. The van der Waals surface area contributed by atoms with Crippen LogP contribution in [-0.2, 0) is 4.79 Å². The third-order valence-electron chi connectivity index (χ3n) is 4.78. The van der Waals surface area contributed by atoms with Crippen LogP contribution < -0.4 is 0 Å². The first-order valence-electron chi connectivity index (χ1n) is 8.46. The van der Waals surface area contributed by atoms with Gasteiger partial charge in [-0.3, -0.25) is 4.79 Å². The minimum Gasteiger partial charge on any atom is -0.373 e. The van der Waals surface area contributed by atoms with Crippen LogP contribution >= 0.6 is 0 Å². The van der Waals surface area contributed by atoms with Gasteiger partial charge < -0.3 is 10.0 Å². The highest BCUT2D eigenvalue weighted by Crippen LogP contribution is 2.34. The van der Waals surface area contributed by atoms with Crippen molar-refractivity contribution in [3.05, 3.63) is 41.9 Å². The van der Waals surface area contributed by atoms with Gasteiger partial charge in [-0.1, -0.05) is 0 Å². The molecule has 152 valence electrons. The Hall–Kier alpha value is -2.56. The zero-order chi connectivity index (χ0) is 20.7. The lowest BCUT2D eigenvalue weighted by molar-refractivity contribution is -0.250. The number of rotatable bonds is 3. The Bertz CT molecular complexity index is 873. The van der Waals surface area contributed by atoms with Crippen LogP contribution in [0.3, 0.4) is 0 Å². The summed E-state index contributed by atoms with van der Waals surface area (Å²) in [7, 11) is 0. The number of aliphatic hydroxyl groups is 1. The average molecular weight is 404 g/mol. The molecule has 1 N–H and O–H groups in total. The van der Waals surface area contributed by atoms with Crippen molar-refractivity contribution >= 4 is 5.91 Å². The number of carbonyl (C=O) groups excluding carboxylic acids is 1. The number of alkyl halides is 3. The Labute approximate surface area is 156 Å². The van der Waals surface area contributed by atoms with Gasteiger partial charge in [-0.2, -0.15) is 18.3 Å². The van der Waals surface area contributed by atoms with E-state index >= 15 is 0 Å². The van der Waals surface area contributed by atoms with E-state index in [4.69, 9.17) is 0 Å². The maximum atomic E-state index is 13.8. The number of nitrogens with zero attached hydrogens (tertiary/aromatic N) is 4. The molecule has 0 saturated carbocycles.